The zero-order valence-corrected chi connectivity index (χ0v) is 20.2. The first-order valence-corrected chi connectivity index (χ1v) is 11.1. The molecule has 2 aromatic carbocycles. The van der Waals surface area contributed by atoms with E-state index in [1.165, 1.54) is 33.5 Å². The van der Waals surface area contributed by atoms with Crippen molar-refractivity contribution in [3.8, 4) is 17.2 Å². The van der Waals surface area contributed by atoms with Crippen molar-refractivity contribution in [2.24, 2.45) is 0 Å². The van der Waals surface area contributed by atoms with Crippen molar-refractivity contribution in [1.82, 2.24) is 5.32 Å². The summed E-state index contributed by atoms with van der Waals surface area (Å²) < 4.78 is 67.9. The largest absolute Gasteiger partial charge is 0.493 e. The highest BCUT2D eigenvalue weighted by Gasteiger charge is 2.43. The molecule has 0 saturated carbocycles. The summed E-state index contributed by atoms with van der Waals surface area (Å²) in [6, 6.07) is 8.91. The summed E-state index contributed by atoms with van der Waals surface area (Å²) in [7, 11) is 6.42. The molecular weight excluding hydrogens is 451 g/mol. The smallest absolute Gasteiger partial charge is 0.416 e. The standard InChI is InChI=1S/C25H32F3NO5/c1-6-23(29-2,17-7-9-18(10-8-17)25(26,27)28)11-12-24(33-13-14-34-24)19-15-20(30-3)22(32-5)21(16-19)31-4/h7-10,15-16,29H,6,11-14H2,1-5H3. The summed E-state index contributed by atoms with van der Waals surface area (Å²) >= 11 is 0. The Morgan fingerprint density at radius 1 is 0.912 bits per heavy atom. The molecular formula is C25H32F3NO5. The molecule has 0 aliphatic carbocycles. The molecule has 1 fully saturated rings. The topological polar surface area (TPSA) is 58.2 Å². The van der Waals surface area contributed by atoms with Crippen LogP contribution in [0.5, 0.6) is 17.2 Å². The number of nitrogens with one attached hydrogen (secondary N) is 1. The average molecular weight is 484 g/mol. The molecule has 3 rings (SSSR count). The Bertz CT molecular complexity index is 927. The first-order valence-electron chi connectivity index (χ1n) is 11.1. The van der Waals surface area contributed by atoms with Crippen molar-refractivity contribution in [2.75, 3.05) is 41.6 Å². The quantitative estimate of drug-likeness (QED) is 0.499. The van der Waals surface area contributed by atoms with Crippen molar-refractivity contribution in [2.45, 2.75) is 43.7 Å². The number of benzene rings is 2. The predicted molar refractivity (Wildman–Crippen MR) is 121 cm³/mol. The van der Waals surface area contributed by atoms with Crippen LogP contribution in [0, 0.1) is 0 Å². The molecule has 188 valence electrons. The fourth-order valence-electron chi connectivity index (χ4n) is 4.54. The lowest BCUT2D eigenvalue weighted by molar-refractivity contribution is -0.174. The normalized spacial score (nSPS) is 17.3. The molecule has 1 aliphatic rings. The number of alkyl halides is 3. The maximum absolute atomic E-state index is 13.1. The van der Waals surface area contributed by atoms with Crippen molar-refractivity contribution < 1.29 is 36.9 Å². The fraction of sp³-hybridized carbons (Fsp3) is 0.520. The van der Waals surface area contributed by atoms with Gasteiger partial charge in [-0.05, 0) is 49.7 Å². The summed E-state index contributed by atoms with van der Waals surface area (Å²) in [5.74, 6) is 0.363. The maximum Gasteiger partial charge on any atom is 0.416 e. The summed E-state index contributed by atoms with van der Waals surface area (Å²) in [5.41, 5.74) is 0.234. The lowest BCUT2D eigenvalue weighted by Gasteiger charge is -2.37. The van der Waals surface area contributed by atoms with Crippen LogP contribution in [-0.4, -0.2) is 41.6 Å². The van der Waals surface area contributed by atoms with Gasteiger partial charge in [0.05, 0.1) is 40.1 Å². The Hall–Kier alpha value is -2.49. The van der Waals surface area contributed by atoms with E-state index in [9.17, 15) is 13.2 Å². The van der Waals surface area contributed by atoms with Gasteiger partial charge in [0.1, 0.15) is 0 Å². The number of halogens is 3. The first kappa shape index (κ1) is 26.1. The predicted octanol–water partition coefficient (Wildman–Crippen LogP) is 5.24. The second-order valence-electron chi connectivity index (χ2n) is 8.12. The van der Waals surface area contributed by atoms with Crippen LogP contribution < -0.4 is 19.5 Å². The average Bonchev–Trinajstić information content (AvgIpc) is 3.34. The van der Waals surface area contributed by atoms with Gasteiger partial charge in [0, 0.05) is 17.5 Å². The minimum absolute atomic E-state index is 0.412. The minimum Gasteiger partial charge on any atom is -0.493 e. The Morgan fingerprint density at radius 2 is 1.44 bits per heavy atom. The van der Waals surface area contributed by atoms with Crippen molar-refractivity contribution >= 4 is 0 Å². The first-order chi connectivity index (χ1) is 16.2. The van der Waals surface area contributed by atoms with Gasteiger partial charge in [0.2, 0.25) is 5.75 Å². The van der Waals surface area contributed by atoms with E-state index >= 15 is 0 Å². The Kier molecular flexibility index (Phi) is 8.00. The molecule has 0 bridgehead atoms. The number of methoxy groups -OCH3 is 3. The van der Waals surface area contributed by atoms with Crippen LogP contribution >= 0.6 is 0 Å². The molecule has 34 heavy (non-hydrogen) atoms. The Balaban J connectivity index is 1.96. The number of ether oxygens (including phenoxy) is 5. The summed E-state index contributed by atoms with van der Waals surface area (Å²) in [6.07, 6.45) is -2.74. The summed E-state index contributed by atoms with van der Waals surface area (Å²) in [5, 5.41) is 3.33. The summed E-state index contributed by atoms with van der Waals surface area (Å²) in [6.45, 7) is 2.82. The summed E-state index contributed by atoms with van der Waals surface area (Å²) in [4.78, 5) is 0. The van der Waals surface area contributed by atoms with Crippen LogP contribution in [0.1, 0.15) is 42.9 Å². The highest BCUT2D eigenvalue weighted by Crippen LogP contribution is 2.46. The van der Waals surface area contributed by atoms with Crippen LogP contribution in [0.4, 0.5) is 13.2 Å². The van der Waals surface area contributed by atoms with Crippen molar-refractivity contribution in [3.63, 3.8) is 0 Å². The zero-order valence-electron chi connectivity index (χ0n) is 20.2. The van der Waals surface area contributed by atoms with Crippen LogP contribution in [0.3, 0.4) is 0 Å². The Labute approximate surface area is 198 Å². The van der Waals surface area contributed by atoms with E-state index in [2.05, 4.69) is 5.32 Å². The minimum atomic E-state index is -4.38. The van der Waals surface area contributed by atoms with Crippen molar-refractivity contribution in [1.29, 1.82) is 0 Å². The van der Waals surface area contributed by atoms with Crippen LogP contribution in [0.15, 0.2) is 36.4 Å². The molecule has 0 spiro atoms. The number of hydrogen-bond donors (Lipinski definition) is 1. The highest BCUT2D eigenvalue weighted by atomic mass is 19.4. The molecule has 1 saturated heterocycles. The molecule has 2 aromatic rings. The van der Waals surface area contributed by atoms with Gasteiger partial charge in [-0.1, -0.05) is 19.1 Å². The third kappa shape index (κ3) is 4.96. The molecule has 1 unspecified atom stereocenters. The molecule has 9 heteroatoms. The molecule has 0 radical (unpaired) electrons. The maximum atomic E-state index is 13.1. The van der Waals surface area contributed by atoms with E-state index in [1.54, 1.807) is 12.1 Å². The molecule has 0 amide bonds. The van der Waals surface area contributed by atoms with E-state index in [-0.39, 0.29) is 0 Å². The SMILES string of the molecule is CCC(CCC1(c2cc(OC)c(OC)c(OC)c2)OCCO1)(NC)c1ccc(C(F)(F)F)cc1. The monoisotopic (exact) mass is 483 g/mol. The second-order valence-corrected chi connectivity index (χ2v) is 8.12. The van der Waals surface area contributed by atoms with E-state index in [0.717, 1.165) is 17.7 Å². The molecule has 0 aromatic heterocycles. The lowest BCUT2D eigenvalue weighted by atomic mass is 9.80. The zero-order chi connectivity index (χ0) is 25.0. The van der Waals surface area contributed by atoms with Crippen LogP contribution in [0.2, 0.25) is 0 Å². The molecule has 1 aliphatic heterocycles. The van der Waals surface area contributed by atoms with Crippen molar-refractivity contribution in [3.05, 3.63) is 53.1 Å². The molecule has 1 atom stereocenters. The molecule has 1 heterocycles. The van der Waals surface area contributed by atoms with Gasteiger partial charge in [-0.3, -0.25) is 0 Å². The Morgan fingerprint density at radius 3 is 1.85 bits per heavy atom. The van der Waals surface area contributed by atoms with Gasteiger partial charge in [-0.15, -0.1) is 0 Å². The van der Waals surface area contributed by atoms with Gasteiger partial charge >= 0.3 is 6.18 Å². The van der Waals surface area contributed by atoms with Crippen LogP contribution in [-0.2, 0) is 27.0 Å². The van der Waals surface area contributed by atoms with Gasteiger partial charge < -0.3 is 29.0 Å². The third-order valence-electron chi connectivity index (χ3n) is 6.59. The van der Waals surface area contributed by atoms with E-state index < -0.39 is 23.1 Å². The van der Waals surface area contributed by atoms with E-state index in [1.807, 2.05) is 14.0 Å². The van der Waals surface area contributed by atoms with Gasteiger partial charge in [0.25, 0.3) is 0 Å². The lowest BCUT2D eigenvalue weighted by Crippen LogP contribution is -2.42. The number of hydrogen-bond acceptors (Lipinski definition) is 6. The number of rotatable bonds is 10. The second kappa shape index (κ2) is 10.4. The van der Waals surface area contributed by atoms with Gasteiger partial charge in [-0.2, -0.15) is 13.2 Å². The van der Waals surface area contributed by atoms with E-state index in [4.69, 9.17) is 23.7 Å². The fourth-order valence-corrected chi connectivity index (χ4v) is 4.54. The van der Waals surface area contributed by atoms with Gasteiger partial charge in [-0.25, -0.2) is 0 Å². The van der Waals surface area contributed by atoms with E-state index in [0.29, 0.717) is 55.3 Å². The van der Waals surface area contributed by atoms with Crippen LogP contribution in [0.25, 0.3) is 0 Å². The third-order valence-corrected chi connectivity index (χ3v) is 6.59. The molecule has 6 nitrogen and oxygen atoms in total. The highest BCUT2D eigenvalue weighted by molar-refractivity contribution is 5.54. The van der Waals surface area contributed by atoms with Gasteiger partial charge in [0.15, 0.2) is 17.3 Å². The molecule has 1 N–H and O–H groups in total.